The molecule has 1 unspecified atom stereocenters. The lowest BCUT2D eigenvalue weighted by atomic mass is 9.99. The minimum atomic E-state index is -0.417. The van der Waals surface area contributed by atoms with Crippen LogP contribution in [0.1, 0.15) is 55.7 Å². The van der Waals surface area contributed by atoms with Crippen molar-refractivity contribution < 1.29 is 4.39 Å². The summed E-state index contributed by atoms with van der Waals surface area (Å²) in [7, 11) is 0. The predicted molar refractivity (Wildman–Crippen MR) is 117 cm³/mol. The number of rotatable bonds is 3. The number of piperidine rings is 1. The molecule has 5 heterocycles. The van der Waals surface area contributed by atoms with Crippen LogP contribution in [0.15, 0.2) is 35.5 Å². The van der Waals surface area contributed by atoms with Crippen LogP contribution in [0.5, 0.6) is 0 Å². The number of dihydropyridines is 1. The van der Waals surface area contributed by atoms with Crippen LogP contribution in [0.3, 0.4) is 0 Å². The van der Waals surface area contributed by atoms with Crippen molar-refractivity contribution in [1.82, 2.24) is 15.0 Å². The van der Waals surface area contributed by atoms with Crippen LogP contribution in [-0.2, 0) is 6.42 Å². The first-order chi connectivity index (χ1) is 14.7. The van der Waals surface area contributed by atoms with E-state index in [1.165, 1.54) is 6.42 Å². The zero-order chi connectivity index (χ0) is 20.5. The molecule has 0 saturated carbocycles. The first-order valence-electron chi connectivity index (χ1n) is 11.0. The zero-order valence-electron chi connectivity index (χ0n) is 17.4. The van der Waals surface area contributed by atoms with E-state index in [9.17, 15) is 4.39 Å². The number of hydrogen-bond acceptors (Lipinski definition) is 6. The van der Waals surface area contributed by atoms with Gasteiger partial charge in [-0.15, -0.1) is 0 Å². The molecular formula is C23H27FN6. The van der Waals surface area contributed by atoms with E-state index in [4.69, 9.17) is 4.98 Å². The molecule has 0 aliphatic carbocycles. The monoisotopic (exact) mass is 406 g/mol. The third kappa shape index (κ3) is 3.68. The molecule has 6 nitrogen and oxygen atoms in total. The molecule has 0 radical (unpaired) electrons. The average Bonchev–Trinajstić information content (AvgIpc) is 2.80. The first-order valence-corrected chi connectivity index (χ1v) is 11.0. The van der Waals surface area contributed by atoms with Gasteiger partial charge in [-0.25, -0.2) is 15.0 Å². The Hall–Kier alpha value is -2.83. The number of halogens is 1. The summed E-state index contributed by atoms with van der Waals surface area (Å²) in [5.74, 6) is 0.971. The van der Waals surface area contributed by atoms with Crippen LogP contribution in [0.4, 0.5) is 15.9 Å². The minimum absolute atomic E-state index is 0.0372. The largest absolute Gasteiger partial charge is 0.371 e. The van der Waals surface area contributed by atoms with E-state index in [0.29, 0.717) is 11.6 Å². The lowest BCUT2D eigenvalue weighted by molar-refractivity contribution is 0.553. The van der Waals surface area contributed by atoms with Gasteiger partial charge in [0.15, 0.2) is 5.82 Å². The summed E-state index contributed by atoms with van der Waals surface area (Å²) in [5, 5.41) is 0. The van der Waals surface area contributed by atoms with Crippen molar-refractivity contribution in [2.45, 2.75) is 45.1 Å². The summed E-state index contributed by atoms with van der Waals surface area (Å²) in [6.07, 6.45) is 11.3. The molecular weight excluding hydrogens is 379 g/mol. The number of allylic oxidation sites excluding steroid dienone is 1. The van der Waals surface area contributed by atoms with Crippen LogP contribution in [0.25, 0.3) is 0 Å². The molecule has 1 atom stereocenters. The van der Waals surface area contributed by atoms with E-state index in [1.54, 1.807) is 6.07 Å². The Kier molecular flexibility index (Phi) is 5.19. The van der Waals surface area contributed by atoms with Gasteiger partial charge >= 0.3 is 0 Å². The van der Waals surface area contributed by atoms with E-state index in [0.717, 1.165) is 74.5 Å². The predicted octanol–water partition coefficient (Wildman–Crippen LogP) is 3.87. The fourth-order valence-corrected chi connectivity index (χ4v) is 4.60. The Bertz CT molecular complexity index is 995. The van der Waals surface area contributed by atoms with Gasteiger partial charge in [0.25, 0.3) is 0 Å². The number of fused-ring (bicyclic) bond motifs is 1. The third-order valence-electron chi connectivity index (χ3n) is 6.27. The summed E-state index contributed by atoms with van der Waals surface area (Å²) < 4.78 is 14.4. The maximum absolute atomic E-state index is 14.4. The summed E-state index contributed by atoms with van der Waals surface area (Å²) in [6, 6.07) is 3.63. The Morgan fingerprint density at radius 3 is 2.73 bits per heavy atom. The first kappa shape index (κ1) is 19.2. The fourth-order valence-electron chi connectivity index (χ4n) is 4.60. The number of aliphatic imine (C=N–C) groups is 1. The quantitative estimate of drug-likeness (QED) is 0.724. The number of aromatic nitrogens is 3. The van der Waals surface area contributed by atoms with Crippen LogP contribution >= 0.6 is 0 Å². The Morgan fingerprint density at radius 1 is 1.07 bits per heavy atom. The summed E-state index contributed by atoms with van der Waals surface area (Å²) in [5.41, 5.74) is 3.93. The molecule has 3 aliphatic heterocycles. The molecule has 2 aromatic rings. The van der Waals surface area contributed by atoms with Crippen LogP contribution in [0, 0.1) is 5.95 Å². The van der Waals surface area contributed by atoms with E-state index in [1.807, 2.05) is 18.3 Å². The lowest BCUT2D eigenvalue weighted by Crippen LogP contribution is -2.36. The van der Waals surface area contributed by atoms with E-state index < -0.39 is 5.95 Å². The Morgan fingerprint density at radius 2 is 1.93 bits per heavy atom. The summed E-state index contributed by atoms with van der Waals surface area (Å²) in [4.78, 5) is 22.6. The molecule has 2 aromatic heterocycles. The molecule has 1 saturated heterocycles. The number of hydrogen-bond donors (Lipinski definition) is 0. The summed E-state index contributed by atoms with van der Waals surface area (Å²) >= 11 is 0. The van der Waals surface area contributed by atoms with Crippen LogP contribution < -0.4 is 9.80 Å². The second kappa shape index (κ2) is 8.13. The van der Waals surface area contributed by atoms with Gasteiger partial charge in [-0.1, -0.05) is 6.08 Å². The Labute approximate surface area is 176 Å². The average molecular weight is 407 g/mol. The van der Waals surface area contributed by atoms with Crippen LogP contribution in [0.2, 0.25) is 0 Å². The molecule has 30 heavy (non-hydrogen) atoms. The topological polar surface area (TPSA) is 57.5 Å². The minimum Gasteiger partial charge on any atom is -0.371 e. The normalized spacial score (nSPS) is 21.4. The van der Waals surface area contributed by atoms with E-state index in [-0.39, 0.29) is 6.04 Å². The molecule has 5 rings (SSSR count). The van der Waals surface area contributed by atoms with Crippen molar-refractivity contribution in [2.24, 2.45) is 4.99 Å². The highest BCUT2D eigenvalue weighted by molar-refractivity contribution is 6.06. The van der Waals surface area contributed by atoms with Gasteiger partial charge in [0, 0.05) is 62.2 Å². The van der Waals surface area contributed by atoms with Crippen molar-refractivity contribution >= 4 is 17.2 Å². The highest BCUT2D eigenvalue weighted by atomic mass is 19.1. The van der Waals surface area contributed by atoms with Crippen molar-refractivity contribution in [3.05, 3.63) is 53.5 Å². The molecule has 156 valence electrons. The fraction of sp³-hybridized carbons (Fsp3) is 0.478. The van der Waals surface area contributed by atoms with Crippen molar-refractivity contribution in [1.29, 1.82) is 0 Å². The van der Waals surface area contributed by atoms with Crippen molar-refractivity contribution in [2.75, 3.05) is 36.0 Å². The van der Waals surface area contributed by atoms with Gasteiger partial charge in [-0.2, -0.15) is 4.39 Å². The van der Waals surface area contributed by atoms with Gasteiger partial charge in [0.05, 0.1) is 11.7 Å². The molecule has 0 bridgehead atoms. The highest BCUT2D eigenvalue weighted by Crippen LogP contribution is 2.34. The maximum Gasteiger partial charge on any atom is 0.216 e. The van der Waals surface area contributed by atoms with Gasteiger partial charge < -0.3 is 9.80 Å². The molecule has 0 N–H and O–H groups in total. The number of anilines is 2. The van der Waals surface area contributed by atoms with Gasteiger partial charge in [-0.3, -0.25) is 4.99 Å². The number of nitrogens with zero attached hydrogens (tertiary/aromatic N) is 6. The van der Waals surface area contributed by atoms with Gasteiger partial charge in [0.1, 0.15) is 11.5 Å². The Balaban J connectivity index is 1.42. The van der Waals surface area contributed by atoms with Crippen molar-refractivity contribution in [3.8, 4) is 0 Å². The lowest BCUT2D eigenvalue weighted by Gasteiger charge is -2.36. The van der Waals surface area contributed by atoms with Gasteiger partial charge in [-0.05, 0) is 38.7 Å². The maximum atomic E-state index is 14.4. The smallest absolute Gasteiger partial charge is 0.216 e. The SMILES string of the molecule is CC1c2cnc(C3=NCCC=C3)nc2CCN1c1cc(N2CCCCC2)cc(F)n1. The molecule has 0 amide bonds. The molecule has 1 fully saturated rings. The molecule has 0 spiro atoms. The highest BCUT2D eigenvalue weighted by Gasteiger charge is 2.28. The second-order valence-electron chi connectivity index (χ2n) is 8.23. The van der Waals surface area contributed by atoms with Gasteiger partial charge in [0.2, 0.25) is 5.95 Å². The van der Waals surface area contributed by atoms with E-state index >= 15 is 0 Å². The van der Waals surface area contributed by atoms with Crippen LogP contribution in [-0.4, -0.2) is 46.8 Å². The molecule has 3 aliphatic rings. The second-order valence-corrected chi connectivity index (χ2v) is 8.23. The van der Waals surface area contributed by atoms with Crippen molar-refractivity contribution in [3.63, 3.8) is 0 Å². The molecule has 0 aromatic carbocycles. The third-order valence-corrected chi connectivity index (χ3v) is 6.27. The zero-order valence-corrected chi connectivity index (χ0v) is 17.4. The van der Waals surface area contributed by atoms with E-state index in [2.05, 4.69) is 37.8 Å². The standard InChI is InChI=1S/C23H27FN6/c1-16-18-15-26-23(20-7-3-4-9-25-20)27-19(18)8-12-30(16)22-14-17(13-21(24)28-22)29-10-5-2-6-11-29/h3,7,13-16H,2,4-6,8-12H2,1H3. The molecule has 7 heteroatoms. The summed E-state index contributed by atoms with van der Waals surface area (Å²) in [6.45, 7) is 5.63. The number of pyridine rings is 1.